The van der Waals surface area contributed by atoms with E-state index >= 15 is 0 Å². The SMILES string of the molecule is O=S(=O)(Nc1cccc(CCCO)c1)c1cnc[nH]1. The molecule has 0 bridgehead atoms. The molecule has 2 rings (SSSR count). The lowest BCUT2D eigenvalue weighted by atomic mass is 10.1. The molecular formula is C12H15N3O3S. The van der Waals surface area contributed by atoms with Crippen LogP contribution in [-0.2, 0) is 16.4 Å². The van der Waals surface area contributed by atoms with Gasteiger partial charge in [-0.1, -0.05) is 12.1 Å². The van der Waals surface area contributed by atoms with Crippen molar-refractivity contribution in [3.05, 3.63) is 42.4 Å². The van der Waals surface area contributed by atoms with Crippen molar-refractivity contribution in [1.29, 1.82) is 0 Å². The average Bonchev–Trinajstić information content (AvgIpc) is 2.91. The third kappa shape index (κ3) is 3.55. The lowest BCUT2D eigenvalue weighted by Gasteiger charge is -2.07. The number of hydrogen-bond donors (Lipinski definition) is 3. The number of imidazole rings is 1. The van der Waals surface area contributed by atoms with Gasteiger partial charge in [0, 0.05) is 12.3 Å². The summed E-state index contributed by atoms with van der Waals surface area (Å²) in [5.41, 5.74) is 1.46. The quantitative estimate of drug-likeness (QED) is 0.740. The Labute approximate surface area is 111 Å². The summed E-state index contributed by atoms with van der Waals surface area (Å²) in [7, 11) is -3.62. The first kappa shape index (κ1) is 13.6. The van der Waals surface area contributed by atoms with Gasteiger partial charge in [0.1, 0.15) is 0 Å². The molecule has 102 valence electrons. The van der Waals surface area contributed by atoms with E-state index in [1.165, 1.54) is 12.5 Å². The van der Waals surface area contributed by atoms with Gasteiger partial charge in [-0.15, -0.1) is 0 Å². The third-order valence-corrected chi connectivity index (χ3v) is 3.87. The highest BCUT2D eigenvalue weighted by Gasteiger charge is 2.15. The molecule has 0 radical (unpaired) electrons. The van der Waals surface area contributed by atoms with E-state index in [0.29, 0.717) is 18.5 Å². The fourth-order valence-corrected chi connectivity index (χ4v) is 2.63. The minimum absolute atomic E-state index is 0.0215. The maximum atomic E-state index is 12.0. The van der Waals surface area contributed by atoms with Gasteiger partial charge in [-0.3, -0.25) is 4.72 Å². The molecule has 6 nitrogen and oxygen atoms in total. The van der Waals surface area contributed by atoms with Gasteiger partial charge in [-0.2, -0.15) is 8.42 Å². The predicted molar refractivity (Wildman–Crippen MR) is 71.2 cm³/mol. The third-order valence-electron chi connectivity index (χ3n) is 2.57. The van der Waals surface area contributed by atoms with Crippen molar-refractivity contribution in [1.82, 2.24) is 9.97 Å². The summed E-state index contributed by atoms with van der Waals surface area (Å²) in [6, 6.07) is 7.10. The van der Waals surface area contributed by atoms with Crippen molar-refractivity contribution in [3.63, 3.8) is 0 Å². The first-order chi connectivity index (χ1) is 9.12. The first-order valence-electron chi connectivity index (χ1n) is 5.83. The molecule has 19 heavy (non-hydrogen) atoms. The summed E-state index contributed by atoms with van der Waals surface area (Å²) < 4.78 is 26.4. The Morgan fingerprint density at radius 1 is 1.37 bits per heavy atom. The highest BCUT2D eigenvalue weighted by molar-refractivity contribution is 7.92. The van der Waals surface area contributed by atoms with Crippen LogP contribution in [-0.4, -0.2) is 30.1 Å². The Morgan fingerprint density at radius 2 is 2.21 bits per heavy atom. The zero-order valence-corrected chi connectivity index (χ0v) is 11.0. The number of hydrogen-bond acceptors (Lipinski definition) is 4. The van der Waals surface area contributed by atoms with Crippen molar-refractivity contribution >= 4 is 15.7 Å². The van der Waals surface area contributed by atoms with Gasteiger partial charge in [0.25, 0.3) is 10.0 Å². The van der Waals surface area contributed by atoms with E-state index in [4.69, 9.17) is 5.11 Å². The van der Waals surface area contributed by atoms with Crippen LogP contribution in [0.2, 0.25) is 0 Å². The molecule has 3 N–H and O–H groups in total. The number of aromatic nitrogens is 2. The number of rotatable bonds is 6. The molecule has 1 heterocycles. The maximum Gasteiger partial charge on any atom is 0.278 e. The van der Waals surface area contributed by atoms with E-state index in [1.54, 1.807) is 18.2 Å². The van der Waals surface area contributed by atoms with Crippen LogP contribution in [0.4, 0.5) is 5.69 Å². The second kappa shape index (κ2) is 5.85. The topological polar surface area (TPSA) is 95.1 Å². The summed E-state index contributed by atoms with van der Waals surface area (Å²) in [6.07, 6.45) is 3.91. The standard InChI is InChI=1S/C12H15N3O3S/c16-6-2-4-10-3-1-5-11(7-10)15-19(17,18)12-8-13-9-14-12/h1,3,5,7-9,15-16H,2,4,6H2,(H,13,14). The summed E-state index contributed by atoms with van der Waals surface area (Å²) >= 11 is 0. The average molecular weight is 281 g/mol. The normalized spacial score (nSPS) is 11.4. The molecule has 0 unspecified atom stereocenters. The van der Waals surface area contributed by atoms with Crippen LogP contribution in [0.5, 0.6) is 0 Å². The number of anilines is 1. The van der Waals surface area contributed by atoms with Crippen LogP contribution in [0.1, 0.15) is 12.0 Å². The van der Waals surface area contributed by atoms with E-state index < -0.39 is 10.0 Å². The van der Waals surface area contributed by atoms with Crippen molar-refractivity contribution < 1.29 is 13.5 Å². The Hall–Kier alpha value is -1.86. The molecule has 0 fully saturated rings. The molecule has 2 aromatic rings. The van der Waals surface area contributed by atoms with Crippen LogP contribution < -0.4 is 4.72 Å². The van der Waals surface area contributed by atoms with Crippen LogP contribution in [0.15, 0.2) is 41.8 Å². The number of aliphatic hydroxyl groups excluding tert-OH is 1. The number of H-pyrrole nitrogens is 1. The Kier molecular flexibility index (Phi) is 4.18. The van der Waals surface area contributed by atoms with Gasteiger partial charge >= 0.3 is 0 Å². The molecule has 0 saturated heterocycles. The Bertz CT molecular complexity index is 623. The number of aliphatic hydroxyl groups is 1. The zero-order valence-electron chi connectivity index (χ0n) is 10.2. The van der Waals surface area contributed by atoms with Gasteiger partial charge in [0.05, 0.1) is 12.5 Å². The number of nitrogens with one attached hydrogen (secondary N) is 2. The van der Waals surface area contributed by atoms with Crippen molar-refractivity contribution in [2.24, 2.45) is 0 Å². The largest absolute Gasteiger partial charge is 0.396 e. The molecule has 7 heteroatoms. The number of nitrogens with zero attached hydrogens (tertiary/aromatic N) is 1. The van der Waals surface area contributed by atoms with E-state index in [-0.39, 0.29) is 11.6 Å². The van der Waals surface area contributed by atoms with Crippen LogP contribution in [0.25, 0.3) is 0 Å². The van der Waals surface area contributed by atoms with Gasteiger partial charge < -0.3 is 10.1 Å². The number of sulfonamides is 1. The second-order valence-corrected chi connectivity index (χ2v) is 5.70. The summed E-state index contributed by atoms with van der Waals surface area (Å²) in [5.74, 6) is 0. The Balaban J connectivity index is 2.15. The molecule has 0 saturated carbocycles. The van der Waals surface area contributed by atoms with Crippen molar-refractivity contribution in [3.8, 4) is 0 Å². The molecule has 0 atom stereocenters. The fraction of sp³-hybridized carbons (Fsp3) is 0.250. The summed E-state index contributed by atoms with van der Waals surface area (Å²) in [6.45, 7) is 0.115. The van der Waals surface area contributed by atoms with Crippen LogP contribution in [0.3, 0.4) is 0 Å². The van der Waals surface area contributed by atoms with Gasteiger partial charge in [0.2, 0.25) is 0 Å². The van der Waals surface area contributed by atoms with Crippen LogP contribution in [0, 0.1) is 0 Å². The second-order valence-electron chi connectivity index (χ2n) is 4.05. The number of aryl methyl sites for hydroxylation is 1. The lowest BCUT2D eigenvalue weighted by Crippen LogP contribution is -2.13. The number of benzene rings is 1. The molecule has 0 aliphatic heterocycles. The molecule has 0 spiro atoms. The van der Waals surface area contributed by atoms with Gasteiger partial charge in [-0.05, 0) is 30.5 Å². The fourth-order valence-electron chi connectivity index (χ4n) is 1.67. The minimum atomic E-state index is -3.62. The summed E-state index contributed by atoms with van der Waals surface area (Å²) in [4.78, 5) is 6.24. The van der Waals surface area contributed by atoms with Crippen molar-refractivity contribution in [2.75, 3.05) is 11.3 Å². The minimum Gasteiger partial charge on any atom is -0.396 e. The molecule has 1 aromatic carbocycles. The molecule has 0 amide bonds. The van der Waals surface area contributed by atoms with Gasteiger partial charge in [0.15, 0.2) is 5.03 Å². The predicted octanol–water partition coefficient (Wildman–Crippen LogP) is 1.14. The lowest BCUT2D eigenvalue weighted by molar-refractivity contribution is 0.288. The summed E-state index contributed by atoms with van der Waals surface area (Å²) in [5, 5.41) is 8.81. The monoisotopic (exact) mass is 281 g/mol. The maximum absolute atomic E-state index is 12.0. The molecular weight excluding hydrogens is 266 g/mol. The molecule has 1 aromatic heterocycles. The van der Waals surface area contributed by atoms with Gasteiger partial charge in [-0.25, -0.2) is 4.98 Å². The van der Waals surface area contributed by atoms with E-state index in [0.717, 1.165) is 5.56 Å². The molecule has 0 aliphatic rings. The zero-order chi connectivity index (χ0) is 13.7. The smallest absolute Gasteiger partial charge is 0.278 e. The number of aromatic amines is 1. The van der Waals surface area contributed by atoms with E-state index in [9.17, 15) is 8.42 Å². The molecule has 0 aliphatic carbocycles. The van der Waals surface area contributed by atoms with Crippen molar-refractivity contribution in [2.45, 2.75) is 17.9 Å². The van der Waals surface area contributed by atoms with E-state index in [1.807, 2.05) is 6.07 Å². The Morgan fingerprint density at radius 3 is 2.89 bits per heavy atom. The highest BCUT2D eigenvalue weighted by Crippen LogP contribution is 2.16. The first-order valence-corrected chi connectivity index (χ1v) is 7.31. The van der Waals surface area contributed by atoms with Crippen LogP contribution >= 0.6 is 0 Å². The highest BCUT2D eigenvalue weighted by atomic mass is 32.2. The van der Waals surface area contributed by atoms with E-state index in [2.05, 4.69) is 14.7 Å².